The molecule has 0 saturated heterocycles. The largest absolute Gasteiger partial charge is 0.317 e. The summed E-state index contributed by atoms with van der Waals surface area (Å²) >= 11 is 0. The smallest absolute Gasteiger partial charge is 0.00463 e. The van der Waals surface area contributed by atoms with Crippen LogP contribution in [0.25, 0.3) is 0 Å². The van der Waals surface area contributed by atoms with Gasteiger partial charge in [0, 0.05) is 0 Å². The van der Waals surface area contributed by atoms with Crippen molar-refractivity contribution < 1.29 is 0 Å². The highest BCUT2D eigenvalue weighted by atomic mass is 14.8. The molecule has 1 N–H and O–H groups in total. The number of rotatable bonds is 5. The summed E-state index contributed by atoms with van der Waals surface area (Å²) in [5.74, 6) is 0. The van der Waals surface area contributed by atoms with Gasteiger partial charge in [-0.15, -0.1) is 0 Å². The molecule has 0 aromatic heterocycles. The molecule has 0 aliphatic carbocycles. The van der Waals surface area contributed by atoms with Crippen LogP contribution in [0.5, 0.6) is 0 Å². The van der Waals surface area contributed by atoms with E-state index >= 15 is 0 Å². The highest BCUT2D eigenvalue weighted by Crippen LogP contribution is 1.80. The molecule has 1 heteroatoms. The van der Waals surface area contributed by atoms with Gasteiger partial charge in [0.05, 0.1) is 0 Å². The fraction of sp³-hybridized carbons (Fsp3) is 0.857. The van der Waals surface area contributed by atoms with Crippen LogP contribution in [0.4, 0.5) is 0 Å². The van der Waals surface area contributed by atoms with Crippen molar-refractivity contribution in [1.82, 2.24) is 5.32 Å². The molecular weight excluding hydrogens is 98.1 g/mol. The molecule has 0 amide bonds. The minimum absolute atomic E-state index is 1.14. The minimum Gasteiger partial charge on any atom is -0.317 e. The molecule has 1 radical (unpaired) electrons. The third-order valence-corrected chi connectivity index (χ3v) is 1.04. The Bertz CT molecular complexity index is 29.4. The Labute approximate surface area is 52.5 Å². The molecule has 0 aromatic carbocycles. The molecule has 0 aromatic rings. The Hall–Kier alpha value is -0.0400. The average molecular weight is 114 g/mol. The molecule has 0 saturated carbocycles. The van der Waals surface area contributed by atoms with Gasteiger partial charge in [0.25, 0.3) is 0 Å². The number of hydrogen-bond donors (Lipinski definition) is 1. The average Bonchev–Trinajstić information content (AvgIpc) is 1.81. The van der Waals surface area contributed by atoms with Crippen LogP contribution >= 0.6 is 0 Å². The molecule has 0 spiro atoms. The van der Waals surface area contributed by atoms with Crippen molar-refractivity contribution in [2.45, 2.75) is 26.7 Å². The predicted molar refractivity (Wildman–Crippen MR) is 37.8 cm³/mol. The van der Waals surface area contributed by atoms with Crippen molar-refractivity contribution in [2.24, 2.45) is 0 Å². The molecule has 0 aliphatic heterocycles. The molecule has 8 heavy (non-hydrogen) atoms. The van der Waals surface area contributed by atoms with Gasteiger partial charge in [-0.25, -0.2) is 0 Å². The molecule has 0 rings (SSSR count). The lowest BCUT2D eigenvalue weighted by molar-refractivity contribution is 0.667. The van der Waals surface area contributed by atoms with E-state index in [1.165, 1.54) is 12.8 Å². The van der Waals surface area contributed by atoms with Crippen molar-refractivity contribution in [1.29, 1.82) is 0 Å². The monoisotopic (exact) mass is 114 g/mol. The Morgan fingerprint density at radius 1 is 1.38 bits per heavy atom. The van der Waals surface area contributed by atoms with E-state index in [4.69, 9.17) is 0 Å². The number of hydrogen-bond acceptors (Lipinski definition) is 1. The minimum atomic E-state index is 1.14. The quantitative estimate of drug-likeness (QED) is 0.535. The van der Waals surface area contributed by atoms with Crippen LogP contribution in [0, 0.1) is 6.42 Å². The summed E-state index contributed by atoms with van der Waals surface area (Å²) in [7, 11) is 0. The lowest BCUT2D eigenvalue weighted by Gasteiger charge is -1.97. The van der Waals surface area contributed by atoms with Crippen LogP contribution in [-0.4, -0.2) is 13.1 Å². The Balaban J connectivity index is 2.53. The van der Waals surface area contributed by atoms with E-state index in [1.54, 1.807) is 0 Å². The van der Waals surface area contributed by atoms with Gasteiger partial charge < -0.3 is 5.32 Å². The van der Waals surface area contributed by atoms with E-state index in [-0.39, 0.29) is 0 Å². The van der Waals surface area contributed by atoms with Gasteiger partial charge in [0.1, 0.15) is 0 Å². The molecule has 49 valence electrons. The van der Waals surface area contributed by atoms with Crippen LogP contribution in [0.15, 0.2) is 0 Å². The van der Waals surface area contributed by atoms with Gasteiger partial charge in [0.2, 0.25) is 0 Å². The van der Waals surface area contributed by atoms with Gasteiger partial charge >= 0.3 is 0 Å². The van der Waals surface area contributed by atoms with Crippen molar-refractivity contribution >= 4 is 0 Å². The summed E-state index contributed by atoms with van der Waals surface area (Å²) < 4.78 is 0. The molecular formula is C7H16N. The first-order chi connectivity index (χ1) is 3.91. The molecule has 0 heterocycles. The highest BCUT2D eigenvalue weighted by molar-refractivity contribution is 4.57. The van der Waals surface area contributed by atoms with Gasteiger partial charge in [-0.05, 0) is 32.4 Å². The third-order valence-electron chi connectivity index (χ3n) is 1.04. The summed E-state index contributed by atoms with van der Waals surface area (Å²) in [6.07, 6.45) is 4.62. The standard InChI is InChI=1S/C7H16N/c1-3-5-7-8-6-4-2/h3,8H,4-7H2,1-2H3. The Kier molecular flexibility index (Phi) is 6.93. The maximum absolute atomic E-state index is 3.30. The highest BCUT2D eigenvalue weighted by Gasteiger charge is 1.80. The summed E-state index contributed by atoms with van der Waals surface area (Å²) in [6, 6.07) is 0. The van der Waals surface area contributed by atoms with Crippen LogP contribution in [0.3, 0.4) is 0 Å². The van der Waals surface area contributed by atoms with Gasteiger partial charge in [0.15, 0.2) is 0 Å². The number of nitrogens with one attached hydrogen (secondary N) is 1. The lowest BCUT2D eigenvalue weighted by atomic mass is 10.3. The zero-order valence-corrected chi connectivity index (χ0v) is 5.91. The van der Waals surface area contributed by atoms with Crippen LogP contribution < -0.4 is 5.32 Å². The first kappa shape index (κ1) is 7.96. The van der Waals surface area contributed by atoms with Gasteiger partial charge in [-0.1, -0.05) is 13.8 Å². The lowest BCUT2D eigenvalue weighted by Crippen LogP contribution is -2.15. The van der Waals surface area contributed by atoms with Crippen molar-refractivity contribution in [3.05, 3.63) is 6.42 Å². The zero-order chi connectivity index (χ0) is 6.24. The van der Waals surface area contributed by atoms with Crippen LogP contribution in [-0.2, 0) is 0 Å². The molecule has 0 atom stereocenters. The Morgan fingerprint density at radius 2 is 2.12 bits per heavy atom. The summed E-state index contributed by atoms with van der Waals surface area (Å²) in [4.78, 5) is 0. The van der Waals surface area contributed by atoms with Gasteiger partial charge in [-0.2, -0.15) is 0 Å². The fourth-order valence-electron chi connectivity index (χ4n) is 0.548. The summed E-state index contributed by atoms with van der Waals surface area (Å²) in [5.41, 5.74) is 0. The molecule has 0 aliphatic rings. The SMILES string of the molecule is C[CH]CCNCCC. The van der Waals surface area contributed by atoms with Crippen molar-refractivity contribution in [3.8, 4) is 0 Å². The van der Waals surface area contributed by atoms with E-state index in [1.807, 2.05) is 0 Å². The second kappa shape index (κ2) is 6.96. The first-order valence-electron chi connectivity index (χ1n) is 3.40. The van der Waals surface area contributed by atoms with E-state index in [0.717, 1.165) is 13.1 Å². The van der Waals surface area contributed by atoms with Crippen molar-refractivity contribution in [2.75, 3.05) is 13.1 Å². The van der Waals surface area contributed by atoms with E-state index in [9.17, 15) is 0 Å². The Morgan fingerprint density at radius 3 is 2.62 bits per heavy atom. The normalized spacial score (nSPS) is 9.75. The van der Waals surface area contributed by atoms with Crippen LogP contribution in [0.2, 0.25) is 0 Å². The predicted octanol–water partition coefficient (Wildman–Crippen LogP) is 1.60. The second-order valence-corrected chi connectivity index (χ2v) is 1.95. The first-order valence-corrected chi connectivity index (χ1v) is 3.40. The van der Waals surface area contributed by atoms with Gasteiger partial charge in [-0.3, -0.25) is 0 Å². The second-order valence-electron chi connectivity index (χ2n) is 1.95. The summed E-state index contributed by atoms with van der Waals surface area (Å²) in [5, 5.41) is 3.30. The maximum atomic E-state index is 3.30. The van der Waals surface area contributed by atoms with Crippen molar-refractivity contribution in [3.63, 3.8) is 0 Å². The molecule has 0 fully saturated rings. The molecule has 0 unspecified atom stereocenters. The molecule has 0 bridgehead atoms. The summed E-state index contributed by atoms with van der Waals surface area (Å²) in [6.45, 7) is 6.58. The topological polar surface area (TPSA) is 12.0 Å². The van der Waals surface area contributed by atoms with E-state index in [2.05, 4.69) is 25.6 Å². The van der Waals surface area contributed by atoms with E-state index in [0.29, 0.717) is 0 Å². The van der Waals surface area contributed by atoms with Crippen LogP contribution in [0.1, 0.15) is 26.7 Å². The fourth-order valence-corrected chi connectivity index (χ4v) is 0.548. The number of unbranched alkanes of at least 4 members (excludes halogenated alkanes) is 1. The third kappa shape index (κ3) is 5.96. The maximum Gasteiger partial charge on any atom is -0.00463 e. The molecule has 1 nitrogen and oxygen atoms in total. The van der Waals surface area contributed by atoms with E-state index < -0.39 is 0 Å². The zero-order valence-electron chi connectivity index (χ0n) is 5.91.